The molecule has 8 rings (SSSR count). The van der Waals surface area contributed by atoms with E-state index in [-0.39, 0.29) is 58.7 Å². The Balaban J connectivity index is 1.07. The second-order valence-electron chi connectivity index (χ2n) is 19.6. The molecule has 3 saturated heterocycles. The summed E-state index contributed by atoms with van der Waals surface area (Å²) in [7, 11) is 1.73. The van der Waals surface area contributed by atoms with Gasteiger partial charge in [0, 0.05) is 26.4 Å². The summed E-state index contributed by atoms with van der Waals surface area (Å²) in [4.78, 5) is 12.9. The third-order valence-corrected chi connectivity index (χ3v) is 17.0. The summed E-state index contributed by atoms with van der Waals surface area (Å²) in [5.74, 6) is 0.956. The summed E-state index contributed by atoms with van der Waals surface area (Å²) in [6, 6.07) is 0. The summed E-state index contributed by atoms with van der Waals surface area (Å²) in [5.41, 5.74) is -0.394. The number of fused-ring (bicyclic) bond motifs is 4. The largest absolute Gasteiger partial charge is 0.462 e. The van der Waals surface area contributed by atoms with Gasteiger partial charge in [-0.15, -0.1) is 0 Å². The van der Waals surface area contributed by atoms with Crippen molar-refractivity contribution in [1.82, 2.24) is 0 Å². The van der Waals surface area contributed by atoms with E-state index in [1.165, 1.54) is 6.92 Å². The number of carbonyl (C=O) groups is 1. The second-order valence-corrected chi connectivity index (χ2v) is 19.6. The van der Waals surface area contributed by atoms with E-state index in [4.69, 9.17) is 33.2 Å². The van der Waals surface area contributed by atoms with E-state index in [0.717, 1.165) is 44.9 Å². The van der Waals surface area contributed by atoms with Gasteiger partial charge in [-0.1, -0.05) is 34.6 Å². The number of methoxy groups -OCH3 is 1. The topological polar surface area (TPSA) is 203 Å². The van der Waals surface area contributed by atoms with E-state index < -0.39 is 73.4 Å². The molecule has 14 heteroatoms. The molecule has 3 heterocycles. The van der Waals surface area contributed by atoms with Gasteiger partial charge in [0.2, 0.25) is 0 Å². The average molecular weight is 769 g/mol. The van der Waals surface area contributed by atoms with Crippen LogP contribution in [0.5, 0.6) is 0 Å². The van der Waals surface area contributed by atoms with Gasteiger partial charge in [-0.3, -0.25) is 4.79 Å². The normalized spacial score (nSPS) is 57.5. The number of aliphatic hydroxyl groups is 6. The third-order valence-electron chi connectivity index (χ3n) is 17.0. The summed E-state index contributed by atoms with van der Waals surface area (Å²) in [6.45, 7) is 12.3. The highest BCUT2D eigenvalue weighted by Crippen LogP contribution is 2.89. The van der Waals surface area contributed by atoms with E-state index in [2.05, 4.69) is 34.6 Å². The van der Waals surface area contributed by atoms with Gasteiger partial charge in [0.1, 0.15) is 48.8 Å². The fourth-order valence-electron chi connectivity index (χ4n) is 14.5. The van der Waals surface area contributed by atoms with Crippen molar-refractivity contribution in [1.29, 1.82) is 0 Å². The first-order valence-corrected chi connectivity index (χ1v) is 20.3. The predicted octanol–water partition coefficient (Wildman–Crippen LogP) is 1.62. The lowest BCUT2D eigenvalue weighted by molar-refractivity contribution is -0.366. The quantitative estimate of drug-likeness (QED) is 0.161. The molecule has 54 heavy (non-hydrogen) atoms. The first kappa shape index (κ1) is 39.8. The molecule has 5 saturated carbocycles. The van der Waals surface area contributed by atoms with Crippen molar-refractivity contribution < 1.29 is 68.6 Å². The minimum absolute atomic E-state index is 0.0102. The van der Waals surface area contributed by atoms with Crippen molar-refractivity contribution in [3.05, 3.63) is 0 Å². The van der Waals surface area contributed by atoms with Crippen molar-refractivity contribution in [2.45, 2.75) is 173 Å². The zero-order chi connectivity index (χ0) is 38.9. The van der Waals surface area contributed by atoms with Crippen LogP contribution in [0.4, 0.5) is 0 Å². The summed E-state index contributed by atoms with van der Waals surface area (Å²) < 4.78 is 43.1. The minimum atomic E-state index is -1.72. The fourth-order valence-corrected chi connectivity index (χ4v) is 14.5. The number of hydrogen-bond donors (Lipinski definition) is 6. The third kappa shape index (κ3) is 5.52. The van der Waals surface area contributed by atoms with Gasteiger partial charge in [-0.25, -0.2) is 0 Å². The lowest BCUT2D eigenvalue weighted by Crippen LogP contribution is -2.64. The van der Waals surface area contributed by atoms with Gasteiger partial charge in [-0.05, 0) is 89.8 Å². The smallest absolute Gasteiger partial charge is 0.302 e. The number of aliphatic hydroxyl groups excluding tert-OH is 6. The molecule has 14 nitrogen and oxygen atoms in total. The van der Waals surface area contributed by atoms with Crippen LogP contribution in [0.2, 0.25) is 0 Å². The molecule has 1 unspecified atom stereocenters. The molecule has 5 aliphatic carbocycles. The van der Waals surface area contributed by atoms with Crippen LogP contribution in [-0.2, 0) is 38.0 Å². The average Bonchev–Trinajstić information content (AvgIpc) is 3.70. The van der Waals surface area contributed by atoms with Crippen LogP contribution >= 0.6 is 0 Å². The van der Waals surface area contributed by atoms with Crippen LogP contribution in [0.3, 0.4) is 0 Å². The molecule has 0 aromatic carbocycles. The highest BCUT2D eigenvalue weighted by molar-refractivity contribution is 5.66. The van der Waals surface area contributed by atoms with Crippen LogP contribution in [-0.4, -0.2) is 137 Å². The first-order chi connectivity index (χ1) is 25.4. The number of esters is 1. The minimum Gasteiger partial charge on any atom is -0.462 e. The zero-order valence-electron chi connectivity index (χ0n) is 32.8. The second kappa shape index (κ2) is 13.5. The van der Waals surface area contributed by atoms with Gasteiger partial charge < -0.3 is 63.8 Å². The molecule has 0 bridgehead atoms. The maximum absolute atomic E-state index is 12.9. The van der Waals surface area contributed by atoms with Gasteiger partial charge >= 0.3 is 5.97 Å². The molecule has 0 radical (unpaired) electrons. The number of hydrogen-bond acceptors (Lipinski definition) is 14. The highest BCUT2D eigenvalue weighted by atomic mass is 16.8. The van der Waals surface area contributed by atoms with E-state index in [1.807, 2.05) is 0 Å². The highest BCUT2D eigenvalue weighted by Gasteiger charge is 2.85. The predicted molar refractivity (Wildman–Crippen MR) is 188 cm³/mol. The van der Waals surface area contributed by atoms with Crippen molar-refractivity contribution in [3.63, 3.8) is 0 Å². The molecule has 6 N–H and O–H groups in total. The Kier molecular flexibility index (Phi) is 9.96. The Morgan fingerprint density at radius 1 is 0.852 bits per heavy atom. The van der Waals surface area contributed by atoms with Crippen LogP contribution in [0.1, 0.15) is 92.9 Å². The number of ether oxygens (including phenoxy) is 7. The Bertz CT molecular complexity index is 1430. The maximum Gasteiger partial charge on any atom is 0.302 e. The molecular formula is C40H64O14. The zero-order valence-corrected chi connectivity index (χ0v) is 32.8. The number of carbonyl (C=O) groups excluding carboxylic acids is 1. The van der Waals surface area contributed by atoms with E-state index in [9.17, 15) is 35.4 Å². The van der Waals surface area contributed by atoms with Crippen LogP contribution in [0.15, 0.2) is 0 Å². The first-order valence-electron chi connectivity index (χ1n) is 20.3. The standard InChI is InChI=1S/C40H64O14/c1-18-12-26(48-7)51-22-14-38(6)24-13-21(50-19(2)42)33-36(3,4)25(8-9-40(33)17-39(24,40)11-10-37(38,5)27(18)22)53-35-32(28(44)20(43)16-49-35)54-34-31(47)30(46)29(45)23(15-41)52-34/h18,20-35,41,43-47H,8-17H2,1-7H3/t18-,20-,21+,22?,23-,24+,25+,26-,27+,28+,29-,30+,31-,32-,33+,34+,35+,37-,38+,39+,40-/m1/s1. The molecule has 8 aliphatic rings. The summed E-state index contributed by atoms with van der Waals surface area (Å²) >= 11 is 0. The van der Waals surface area contributed by atoms with Gasteiger partial charge in [0.05, 0.1) is 25.4 Å². The van der Waals surface area contributed by atoms with E-state index in [0.29, 0.717) is 24.2 Å². The maximum atomic E-state index is 12.9. The van der Waals surface area contributed by atoms with Gasteiger partial charge in [0.15, 0.2) is 18.9 Å². The molecule has 21 atom stereocenters. The van der Waals surface area contributed by atoms with Crippen molar-refractivity contribution in [2.75, 3.05) is 20.3 Å². The molecule has 0 amide bonds. The van der Waals surface area contributed by atoms with Crippen molar-refractivity contribution >= 4 is 5.97 Å². The van der Waals surface area contributed by atoms with E-state index >= 15 is 0 Å². The molecule has 308 valence electrons. The SMILES string of the molecule is CO[C@H]1C[C@@H](C)[C@H]2C(C[C@@]3(C)[C@@H]4C[C@H](OC(C)=O)[C@H]5C(C)(C)[C@@H](O[C@@H]6OC[C@@H](O)[C@H](O)[C@H]6O[C@@H]6O[C@H](CO)[C@@H](O)[C@H](O)[C@H]6O)CC[C@@]56C[C@@]46CC[C@]23C)O1. The Morgan fingerprint density at radius 2 is 1.59 bits per heavy atom. The van der Waals surface area contributed by atoms with Crippen LogP contribution in [0.25, 0.3) is 0 Å². The van der Waals surface area contributed by atoms with Gasteiger partial charge in [-0.2, -0.15) is 0 Å². The van der Waals surface area contributed by atoms with Crippen LogP contribution < -0.4 is 0 Å². The Labute approximate surface area is 318 Å². The number of rotatable bonds is 7. The molecule has 2 spiro atoms. The fraction of sp³-hybridized carbons (Fsp3) is 0.975. The van der Waals surface area contributed by atoms with E-state index in [1.54, 1.807) is 7.11 Å². The van der Waals surface area contributed by atoms with Crippen molar-refractivity contribution in [2.24, 2.45) is 50.7 Å². The monoisotopic (exact) mass is 768 g/mol. The summed E-state index contributed by atoms with van der Waals surface area (Å²) in [6.07, 6.45) is -6.44. The molecule has 0 aromatic rings. The molecule has 3 aliphatic heterocycles. The van der Waals surface area contributed by atoms with Crippen molar-refractivity contribution in [3.8, 4) is 0 Å². The summed E-state index contributed by atoms with van der Waals surface area (Å²) in [5, 5.41) is 62.9. The van der Waals surface area contributed by atoms with Gasteiger partial charge in [0.25, 0.3) is 0 Å². The Morgan fingerprint density at radius 3 is 2.28 bits per heavy atom. The molecular weight excluding hydrogens is 704 g/mol. The lowest BCUT2D eigenvalue weighted by atomic mass is 9.41. The Hall–Kier alpha value is -1.01. The molecule has 0 aromatic heterocycles. The molecule has 8 fully saturated rings. The van der Waals surface area contributed by atoms with Crippen LogP contribution in [0, 0.1) is 50.7 Å². The lowest BCUT2D eigenvalue weighted by Gasteiger charge is -2.64.